The number of aromatic carboxylic acids is 1. The molecule has 1 saturated heterocycles. The third-order valence-corrected chi connectivity index (χ3v) is 3.75. The highest BCUT2D eigenvalue weighted by atomic mass is 35.5. The molecule has 5 nitrogen and oxygen atoms in total. The Morgan fingerprint density at radius 2 is 2.25 bits per heavy atom. The predicted molar refractivity (Wildman–Crippen MR) is 77.3 cm³/mol. The summed E-state index contributed by atoms with van der Waals surface area (Å²) in [6.45, 7) is 1.99. The van der Waals surface area contributed by atoms with E-state index in [0.717, 1.165) is 25.9 Å². The predicted octanol–water partition coefficient (Wildman–Crippen LogP) is 2.37. The van der Waals surface area contributed by atoms with E-state index in [1.165, 1.54) is 12.1 Å². The van der Waals surface area contributed by atoms with Crippen LogP contribution in [0.3, 0.4) is 0 Å². The first kappa shape index (κ1) is 14.8. The lowest BCUT2D eigenvalue weighted by Gasteiger charge is -2.09. The van der Waals surface area contributed by atoms with Gasteiger partial charge in [-0.15, -0.1) is 0 Å². The maximum absolute atomic E-state index is 11.8. The molecule has 1 unspecified atom stereocenters. The summed E-state index contributed by atoms with van der Waals surface area (Å²) < 4.78 is 0. The molecule has 0 saturated carbocycles. The SMILES string of the molecule is O=C(CCC1CCNC1)Nc1ccc(Cl)c(C(=O)O)c1. The molecule has 1 aromatic carbocycles. The van der Waals surface area contributed by atoms with E-state index in [4.69, 9.17) is 16.7 Å². The molecule has 1 heterocycles. The number of carboxylic acid groups (broad SMARTS) is 1. The number of amides is 1. The van der Waals surface area contributed by atoms with Crippen LogP contribution < -0.4 is 10.6 Å². The fourth-order valence-electron chi connectivity index (χ4n) is 2.29. The van der Waals surface area contributed by atoms with Crippen LogP contribution in [0.5, 0.6) is 0 Å². The van der Waals surface area contributed by atoms with E-state index < -0.39 is 5.97 Å². The monoisotopic (exact) mass is 296 g/mol. The molecule has 1 aliphatic rings. The lowest BCUT2D eigenvalue weighted by molar-refractivity contribution is -0.116. The van der Waals surface area contributed by atoms with Gasteiger partial charge in [-0.25, -0.2) is 4.79 Å². The van der Waals surface area contributed by atoms with Crippen LogP contribution in [0.2, 0.25) is 5.02 Å². The highest BCUT2D eigenvalue weighted by Crippen LogP contribution is 2.21. The summed E-state index contributed by atoms with van der Waals surface area (Å²) in [7, 11) is 0. The molecule has 0 aromatic heterocycles. The van der Waals surface area contributed by atoms with Crippen molar-refractivity contribution in [2.45, 2.75) is 19.3 Å². The average Bonchev–Trinajstić information content (AvgIpc) is 2.91. The van der Waals surface area contributed by atoms with Crippen LogP contribution in [-0.4, -0.2) is 30.1 Å². The van der Waals surface area contributed by atoms with Crippen molar-refractivity contribution in [3.05, 3.63) is 28.8 Å². The molecule has 108 valence electrons. The Hall–Kier alpha value is -1.59. The fourth-order valence-corrected chi connectivity index (χ4v) is 2.48. The minimum absolute atomic E-state index is 0.00976. The second kappa shape index (κ2) is 6.72. The Bertz CT molecular complexity index is 513. The maximum Gasteiger partial charge on any atom is 0.337 e. The maximum atomic E-state index is 11.8. The molecule has 0 spiro atoms. The lowest BCUT2D eigenvalue weighted by Crippen LogP contribution is -2.15. The molecule has 1 atom stereocenters. The van der Waals surface area contributed by atoms with E-state index in [2.05, 4.69) is 10.6 Å². The van der Waals surface area contributed by atoms with E-state index in [1.54, 1.807) is 6.07 Å². The largest absolute Gasteiger partial charge is 0.478 e. The van der Waals surface area contributed by atoms with Crippen molar-refractivity contribution in [1.82, 2.24) is 5.32 Å². The standard InChI is InChI=1S/C14H17ClN2O3/c15-12-3-2-10(7-11(12)14(19)20)17-13(18)4-1-9-5-6-16-8-9/h2-3,7,9,16H,1,4-6,8H2,(H,17,18)(H,19,20). The van der Waals surface area contributed by atoms with Gasteiger partial charge in [0, 0.05) is 12.1 Å². The summed E-state index contributed by atoms with van der Waals surface area (Å²) in [6.07, 6.45) is 2.40. The number of halogens is 1. The number of nitrogens with one attached hydrogen (secondary N) is 2. The van der Waals surface area contributed by atoms with Crippen LogP contribution in [0.4, 0.5) is 5.69 Å². The number of rotatable bonds is 5. The molecule has 0 bridgehead atoms. The second-order valence-corrected chi connectivity index (χ2v) is 5.35. The zero-order chi connectivity index (χ0) is 14.5. The molecule has 0 radical (unpaired) electrons. The number of carbonyl (C=O) groups excluding carboxylic acids is 1. The van der Waals surface area contributed by atoms with Gasteiger partial charge in [-0.05, 0) is 50.0 Å². The van der Waals surface area contributed by atoms with Gasteiger partial charge >= 0.3 is 5.97 Å². The molecule has 1 amide bonds. The molecular weight excluding hydrogens is 280 g/mol. The van der Waals surface area contributed by atoms with Gasteiger partial charge in [-0.2, -0.15) is 0 Å². The Labute approximate surface area is 122 Å². The summed E-state index contributed by atoms with van der Waals surface area (Å²) in [5, 5.41) is 15.1. The van der Waals surface area contributed by atoms with Crippen LogP contribution in [-0.2, 0) is 4.79 Å². The van der Waals surface area contributed by atoms with E-state index in [-0.39, 0.29) is 16.5 Å². The van der Waals surface area contributed by atoms with Crippen molar-refractivity contribution < 1.29 is 14.7 Å². The number of hydrogen-bond donors (Lipinski definition) is 3. The Balaban J connectivity index is 1.90. The van der Waals surface area contributed by atoms with E-state index in [1.807, 2.05) is 0 Å². The Kier molecular flexibility index (Phi) is 4.98. The van der Waals surface area contributed by atoms with Crippen molar-refractivity contribution >= 4 is 29.2 Å². The summed E-state index contributed by atoms with van der Waals surface area (Å²) in [5.74, 6) is -0.653. The van der Waals surface area contributed by atoms with Gasteiger partial charge in [-0.1, -0.05) is 11.6 Å². The molecular formula is C14H17ClN2O3. The summed E-state index contributed by atoms with van der Waals surface area (Å²) in [5.41, 5.74) is 0.450. The topological polar surface area (TPSA) is 78.4 Å². The second-order valence-electron chi connectivity index (χ2n) is 4.95. The third-order valence-electron chi connectivity index (χ3n) is 3.42. The minimum atomic E-state index is -1.11. The molecule has 1 aromatic rings. The molecule has 20 heavy (non-hydrogen) atoms. The van der Waals surface area contributed by atoms with Gasteiger partial charge in [-0.3, -0.25) is 4.79 Å². The first-order valence-corrected chi connectivity index (χ1v) is 6.97. The average molecular weight is 297 g/mol. The van der Waals surface area contributed by atoms with Gasteiger partial charge in [0.25, 0.3) is 0 Å². The van der Waals surface area contributed by atoms with E-state index >= 15 is 0 Å². The van der Waals surface area contributed by atoms with Crippen molar-refractivity contribution in [3.8, 4) is 0 Å². The van der Waals surface area contributed by atoms with E-state index in [9.17, 15) is 9.59 Å². The highest BCUT2D eigenvalue weighted by molar-refractivity contribution is 6.33. The first-order chi connectivity index (χ1) is 9.56. The van der Waals surface area contributed by atoms with Gasteiger partial charge in [0.05, 0.1) is 10.6 Å². The van der Waals surface area contributed by atoms with Crippen molar-refractivity contribution in [3.63, 3.8) is 0 Å². The molecule has 0 aliphatic carbocycles. The van der Waals surface area contributed by atoms with Crippen LogP contribution in [0.1, 0.15) is 29.6 Å². The van der Waals surface area contributed by atoms with E-state index in [0.29, 0.717) is 18.0 Å². The molecule has 6 heteroatoms. The Morgan fingerprint density at radius 3 is 2.90 bits per heavy atom. The van der Waals surface area contributed by atoms with Crippen LogP contribution in [0, 0.1) is 5.92 Å². The number of benzene rings is 1. The zero-order valence-corrected chi connectivity index (χ0v) is 11.7. The summed E-state index contributed by atoms with van der Waals surface area (Å²) >= 11 is 5.77. The summed E-state index contributed by atoms with van der Waals surface area (Å²) in [6, 6.07) is 4.45. The lowest BCUT2D eigenvalue weighted by atomic mass is 10.0. The number of anilines is 1. The minimum Gasteiger partial charge on any atom is -0.478 e. The quantitative estimate of drug-likeness (QED) is 0.779. The van der Waals surface area contributed by atoms with Crippen LogP contribution in [0.25, 0.3) is 0 Å². The fraction of sp³-hybridized carbons (Fsp3) is 0.429. The van der Waals surface area contributed by atoms with Crippen LogP contribution in [0.15, 0.2) is 18.2 Å². The normalized spacial score (nSPS) is 17.9. The molecule has 3 N–H and O–H groups in total. The van der Waals surface area contributed by atoms with Gasteiger partial charge in [0.1, 0.15) is 0 Å². The third kappa shape index (κ3) is 3.95. The summed E-state index contributed by atoms with van der Waals surface area (Å²) in [4.78, 5) is 22.8. The van der Waals surface area contributed by atoms with Gasteiger partial charge in [0.15, 0.2) is 0 Å². The van der Waals surface area contributed by atoms with Crippen molar-refractivity contribution in [2.24, 2.45) is 5.92 Å². The number of hydrogen-bond acceptors (Lipinski definition) is 3. The highest BCUT2D eigenvalue weighted by Gasteiger charge is 2.16. The smallest absolute Gasteiger partial charge is 0.337 e. The van der Waals surface area contributed by atoms with Gasteiger partial charge < -0.3 is 15.7 Å². The Morgan fingerprint density at radius 1 is 1.45 bits per heavy atom. The zero-order valence-electron chi connectivity index (χ0n) is 11.0. The van der Waals surface area contributed by atoms with Crippen molar-refractivity contribution in [1.29, 1.82) is 0 Å². The van der Waals surface area contributed by atoms with Crippen molar-refractivity contribution in [2.75, 3.05) is 18.4 Å². The molecule has 2 rings (SSSR count). The number of carboxylic acids is 1. The molecule has 1 fully saturated rings. The van der Waals surface area contributed by atoms with Gasteiger partial charge in [0.2, 0.25) is 5.91 Å². The molecule has 1 aliphatic heterocycles. The first-order valence-electron chi connectivity index (χ1n) is 6.59. The number of carbonyl (C=O) groups is 2. The van der Waals surface area contributed by atoms with Crippen LogP contribution >= 0.6 is 11.6 Å².